The minimum atomic E-state index is 0.714. The summed E-state index contributed by atoms with van der Waals surface area (Å²) in [5, 5.41) is 0. The van der Waals surface area contributed by atoms with Gasteiger partial charge in [0.25, 0.3) is 0 Å². The van der Waals surface area contributed by atoms with E-state index >= 15 is 0 Å². The van der Waals surface area contributed by atoms with Gasteiger partial charge in [0.15, 0.2) is 0 Å². The molecule has 1 aromatic carbocycles. The fourth-order valence-electron chi connectivity index (χ4n) is 2.97. The van der Waals surface area contributed by atoms with Gasteiger partial charge in [0.05, 0.1) is 5.69 Å². The summed E-state index contributed by atoms with van der Waals surface area (Å²) in [6.07, 6.45) is 3.86. The van der Waals surface area contributed by atoms with Crippen molar-refractivity contribution < 1.29 is 0 Å². The zero-order chi connectivity index (χ0) is 13.9. The van der Waals surface area contributed by atoms with Gasteiger partial charge in [-0.2, -0.15) is 0 Å². The van der Waals surface area contributed by atoms with Crippen LogP contribution in [-0.2, 0) is 6.42 Å². The van der Waals surface area contributed by atoms with Crippen molar-refractivity contribution in [3.8, 4) is 0 Å². The van der Waals surface area contributed by atoms with Crippen LogP contribution in [0.3, 0.4) is 0 Å². The van der Waals surface area contributed by atoms with E-state index in [0.717, 1.165) is 25.4 Å². The van der Waals surface area contributed by atoms with Crippen molar-refractivity contribution in [3.63, 3.8) is 0 Å². The Balaban J connectivity index is 1.59. The van der Waals surface area contributed by atoms with Crippen LogP contribution >= 0.6 is 15.9 Å². The number of nitrogens with zero attached hydrogens (tertiary/aromatic N) is 2. The Morgan fingerprint density at radius 2 is 1.90 bits per heavy atom. The molecule has 2 aliphatic rings. The fourth-order valence-corrected chi connectivity index (χ4v) is 3.64. The molecule has 3 rings (SSSR count). The Hall–Kier alpha value is -0.580. The number of piperazine rings is 1. The van der Waals surface area contributed by atoms with E-state index in [9.17, 15) is 0 Å². The fraction of sp³-hybridized carbons (Fsp3) is 0.625. The smallest absolute Gasteiger partial charge is 0.0511 e. The molecule has 20 heavy (non-hydrogen) atoms. The van der Waals surface area contributed by atoms with Crippen LogP contribution in [0.25, 0.3) is 0 Å². The van der Waals surface area contributed by atoms with Gasteiger partial charge in [-0.25, -0.2) is 0 Å². The summed E-state index contributed by atoms with van der Waals surface area (Å²) in [6.45, 7) is 6.72. The largest absolute Gasteiger partial charge is 0.368 e. The maximum Gasteiger partial charge on any atom is 0.0511 e. The molecule has 0 spiro atoms. The van der Waals surface area contributed by atoms with E-state index in [2.05, 4.69) is 43.9 Å². The molecule has 1 heterocycles. The molecule has 1 saturated heterocycles. The van der Waals surface area contributed by atoms with Crippen molar-refractivity contribution in [1.82, 2.24) is 4.90 Å². The van der Waals surface area contributed by atoms with Gasteiger partial charge >= 0.3 is 0 Å². The van der Waals surface area contributed by atoms with E-state index in [1.165, 1.54) is 48.2 Å². The summed E-state index contributed by atoms with van der Waals surface area (Å²) in [5.74, 6) is 1.00. The summed E-state index contributed by atoms with van der Waals surface area (Å²) in [7, 11) is 0. The molecule has 1 aromatic rings. The number of benzene rings is 1. The summed E-state index contributed by atoms with van der Waals surface area (Å²) in [5.41, 5.74) is 8.27. The van der Waals surface area contributed by atoms with Crippen LogP contribution in [0.5, 0.6) is 0 Å². The molecule has 0 radical (unpaired) electrons. The minimum Gasteiger partial charge on any atom is -0.368 e. The summed E-state index contributed by atoms with van der Waals surface area (Å²) >= 11 is 3.72. The first-order valence-electron chi connectivity index (χ1n) is 7.72. The van der Waals surface area contributed by atoms with E-state index in [0.29, 0.717) is 6.54 Å². The highest BCUT2D eigenvalue weighted by molar-refractivity contribution is 9.10. The average Bonchev–Trinajstić information content (AvgIpc) is 3.25. The molecule has 0 unspecified atom stereocenters. The number of halogens is 1. The van der Waals surface area contributed by atoms with Crippen LogP contribution in [0.2, 0.25) is 0 Å². The van der Waals surface area contributed by atoms with E-state index < -0.39 is 0 Å². The third-order valence-corrected chi connectivity index (χ3v) is 5.01. The van der Waals surface area contributed by atoms with Crippen molar-refractivity contribution in [2.45, 2.75) is 19.3 Å². The first kappa shape index (κ1) is 14.4. The predicted octanol–water partition coefficient (Wildman–Crippen LogP) is 2.48. The zero-order valence-electron chi connectivity index (χ0n) is 12.0. The monoisotopic (exact) mass is 337 g/mol. The lowest BCUT2D eigenvalue weighted by Gasteiger charge is -2.36. The molecule has 3 nitrogen and oxygen atoms in total. The number of rotatable bonds is 5. The maximum absolute atomic E-state index is 5.62. The first-order chi connectivity index (χ1) is 9.76. The molecule has 1 aliphatic heterocycles. The van der Waals surface area contributed by atoms with Gasteiger partial charge in [0.1, 0.15) is 0 Å². The molecule has 4 heteroatoms. The second-order valence-corrected chi connectivity index (χ2v) is 6.91. The highest BCUT2D eigenvalue weighted by Crippen LogP contribution is 2.31. The normalized spacial score (nSPS) is 20.4. The number of hydrogen-bond donors (Lipinski definition) is 1. The van der Waals surface area contributed by atoms with Gasteiger partial charge in [-0.15, -0.1) is 0 Å². The Bertz CT molecular complexity index is 451. The standard InChI is InChI=1S/C16H24BrN3/c17-15-11-13(5-6-18)3-4-16(15)20-9-7-19(8-10-20)12-14-1-2-14/h3-4,11,14H,1-2,5-10,12,18H2. The Morgan fingerprint density at radius 3 is 2.50 bits per heavy atom. The van der Waals surface area contributed by atoms with E-state index in [1.807, 2.05) is 0 Å². The highest BCUT2D eigenvalue weighted by atomic mass is 79.9. The third-order valence-electron chi connectivity index (χ3n) is 4.37. The minimum absolute atomic E-state index is 0.714. The molecule has 2 N–H and O–H groups in total. The second-order valence-electron chi connectivity index (χ2n) is 6.06. The lowest BCUT2D eigenvalue weighted by molar-refractivity contribution is 0.248. The van der Waals surface area contributed by atoms with Crippen molar-refractivity contribution in [1.29, 1.82) is 0 Å². The zero-order valence-corrected chi connectivity index (χ0v) is 13.6. The molecular weight excluding hydrogens is 314 g/mol. The topological polar surface area (TPSA) is 32.5 Å². The van der Waals surface area contributed by atoms with E-state index in [-0.39, 0.29) is 0 Å². The van der Waals surface area contributed by atoms with Crippen molar-refractivity contribution in [2.75, 3.05) is 44.2 Å². The summed E-state index contributed by atoms with van der Waals surface area (Å²) < 4.78 is 1.21. The van der Waals surface area contributed by atoms with Gasteiger partial charge in [-0.1, -0.05) is 6.07 Å². The molecule has 0 bridgehead atoms. The van der Waals surface area contributed by atoms with Crippen LogP contribution < -0.4 is 10.6 Å². The molecule has 1 aliphatic carbocycles. The molecule has 0 atom stereocenters. The number of nitrogens with two attached hydrogens (primary N) is 1. The molecular formula is C16H24BrN3. The van der Waals surface area contributed by atoms with Crippen LogP contribution in [0.4, 0.5) is 5.69 Å². The number of anilines is 1. The van der Waals surface area contributed by atoms with Crippen molar-refractivity contribution in [2.24, 2.45) is 11.7 Å². The van der Waals surface area contributed by atoms with Gasteiger partial charge < -0.3 is 10.6 Å². The van der Waals surface area contributed by atoms with Crippen LogP contribution in [-0.4, -0.2) is 44.2 Å². The Kier molecular flexibility index (Phi) is 4.64. The second kappa shape index (κ2) is 6.46. The molecule has 0 amide bonds. The SMILES string of the molecule is NCCc1ccc(N2CCN(CC3CC3)CC2)c(Br)c1. The van der Waals surface area contributed by atoms with Gasteiger partial charge in [-0.05, 0) is 65.4 Å². The third kappa shape index (κ3) is 3.54. The van der Waals surface area contributed by atoms with Gasteiger partial charge in [-0.3, -0.25) is 4.90 Å². The van der Waals surface area contributed by atoms with Crippen LogP contribution in [0, 0.1) is 5.92 Å². The van der Waals surface area contributed by atoms with Crippen molar-refractivity contribution >= 4 is 21.6 Å². The molecule has 110 valence electrons. The maximum atomic E-state index is 5.62. The average molecular weight is 338 g/mol. The van der Waals surface area contributed by atoms with Crippen LogP contribution in [0.1, 0.15) is 18.4 Å². The lowest BCUT2D eigenvalue weighted by atomic mass is 10.1. The first-order valence-corrected chi connectivity index (χ1v) is 8.51. The number of hydrogen-bond acceptors (Lipinski definition) is 3. The summed E-state index contributed by atoms with van der Waals surface area (Å²) in [4.78, 5) is 5.13. The molecule has 0 aromatic heterocycles. The van der Waals surface area contributed by atoms with Gasteiger partial charge in [0.2, 0.25) is 0 Å². The van der Waals surface area contributed by atoms with Gasteiger partial charge in [0, 0.05) is 37.2 Å². The van der Waals surface area contributed by atoms with Crippen molar-refractivity contribution in [3.05, 3.63) is 28.2 Å². The predicted molar refractivity (Wildman–Crippen MR) is 88.3 cm³/mol. The van der Waals surface area contributed by atoms with E-state index in [4.69, 9.17) is 5.73 Å². The lowest BCUT2D eigenvalue weighted by Crippen LogP contribution is -2.47. The Morgan fingerprint density at radius 1 is 1.15 bits per heavy atom. The van der Waals surface area contributed by atoms with Crippen LogP contribution in [0.15, 0.2) is 22.7 Å². The quantitative estimate of drug-likeness (QED) is 0.895. The Labute approximate surface area is 130 Å². The highest BCUT2D eigenvalue weighted by Gasteiger charge is 2.26. The summed E-state index contributed by atoms with van der Waals surface area (Å²) in [6, 6.07) is 6.67. The van der Waals surface area contributed by atoms with E-state index in [1.54, 1.807) is 0 Å². The molecule has 1 saturated carbocycles. The molecule has 2 fully saturated rings.